The second kappa shape index (κ2) is 7.23. The van der Waals surface area contributed by atoms with Gasteiger partial charge in [0.2, 0.25) is 0 Å². The van der Waals surface area contributed by atoms with E-state index in [1.807, 2.05) is 12.3 Å². The molecule has 2 rings (SSSR count). The van der Waals surface area contributed by atoms with Gasteiger partial charge in [0, 0.05) is 24.9 Å². The van der Waals surface area contributed by atoms with Crippen molar-refractivity contribution in [1.29, 1.82) is 0 Å². The summed E-state index contributed by atoms with van der Waals surface area (Å²) in [7, 11) is 0. The summed E-state index contributed by atoms with van der Waals surface area (Å²) < 4.78 is 5.60. The quantitative estimate of drug-likeness (QED) is 0.396. The normalized spacial score (nSPS) is 24.1. The molecule has 0 amide bonds. The van der Waals surface area contributed by atoms with Crippen molar-refractivity contribution >= 4 is 39.8 Å². The number of nitrogens with two attached hydrogens (primary N) is 1. The van der Waals surface area contributed by atoms with Gasteiger partial charge in [-0.25, -0.2) is 4.98 Å². The lowest BCUT2D eigenvalue weighted by Crippen LogP contribution is -2.32. The molecule has 1 aliphatic heterocycles. The first-order chi connectivity index (χ1) is 10.4. The number of nitrogens with zero attached hydrogens (tertiary/aromatic N) is 1. The monoisotopic (exact) mass is 342 g/mol. The van der Waals surface area contributed by atoms with E-state index in [-0.39, 0.29) is 17.0 Å². The van der Waals surface area contributed by atoms with E-state index >= 15 is 0 Å². The highest BCUT2D eigenvalue weighted by molar-refractivity contribution is 7.80. The van der Waals surface area contributed by atoms with Crippen LogP contribution in [0.3, 0.4) is 0 Å². The number of aromatic nitrogens is 1. The van der Waals surface area contributed by atoms with Gasteiger partial charge < -0.3 is 21.1 Å². The van der Waals surface area contributed by atoms with E-state index < -0.39 is 5.60 Å². The fraction of sp³-hybridized carbons (Fsp3) is 0.643. The molecule has 0 aromatic carbocycles. The number of carbonyl (C=O) groups is 1. The fourth-order valence-electron chi connectivity index (χ4n) is 2.58. The maximum atomic E-state index is 11.9. The first-order valence-corrected chi connectivity index (χ1v) is 8.69. The molecule has 0 aliphatic carbocycles. The summed E-state index contributed by atoms with van der Waals surface area (Å²) in [5.74, 6) is -0.115. The van der Waals surface area contributed by atoms with E-state index in [1.165, 1.54) is 11.3 Å². The van der Waals surface area contributed by atoms with Crippen LogP contribution in [-0.2, 0) is 15.1 Å². The number of esters is 1. The number of thiazole rings is 1. The van der Waals surface area contributed by atoms with Crippen molar-refractivity contribution in [3.05, 3.63) is 11.1 Å². The molecule has 1 aromatic rings. The number of thiocarbonyl (C=S) groups is 1. The van der Waals surface area contributed by atoms with Gasteiger partial charge in [0.25, 0.3) is 0 Å². The van der Waals surface area contributed by atoms with Crippen molar-refractivity contribution in [1.82, 2.24) is 10.3 Å². The first-order valence-electron chi connectivity index (χ1n) is 7.40. The zero-order chi connectivity index (χ0) is 16.2. The minimum atomic E-state index is -0.607. The smallest absolute Gasteiger partial charge is 0.310 e. The molecule has 0 unspecified atom stereocenters. The minimum absolute atomic E-state index is 0.0112. The van der Waals surface area contributed by atoms with Gasteiger partial charge in [0.15, 0.2) is 15.8 Å². The number of anilines is 1. The van der Waals surface area contributed by atoms with Crippen molar-refractivity contribution in [2.45, 2.75) is 38.7 Å². The standard InChI is InChI=1S/C14H22N4O2S2/c1-3-4-9-7-14(2,20-11(9)19)10-8-22-13(18-10)17-6-5-16-12(15)21/h8-9H,3-7H2,1-2H3,(H,17,18)(H3,15,16,21)/t9-,14+/m1/s1. The molecule has 0 saturated carbocycles. The van der Waals surface area contributed by atoms with Gasteiger partial charge in [-0.2, -0.15) is 0 Å². The zero-order valence-electron chi connectivity index (χ0n) is 12.8. The van der Waals surface area contributed by atoms with Gasteiger partial charge in [-0.3, -0.25) is 4.79 Å². The molecule has 8 heteroatoms. The lowest BCUT2D eigenvalue weighted by molar-refractivity contribution is -0.150. The largest absolute Gasteiger partial charge is 0.453 e. The van der Waals surface area contributed by atoms with Crippen molar-refractivity contribution < 1.29 is 9.53 Å². The third kappa shape index (κ3) is 4.07. The number of hydrogen-bond donors (Lipinski definition) is 3. The molecule has 0 radical (unpaired) electrons. The Morgan fingerprint density at radius 2 is 2.41 bits per heavy atom. The Hall–Kier alpha value is -1.41. The highest BCUT2D eigenvalue weighted by Gasteiger charge is 2.45. The van der Waals surface area contributed by atoms with Crippen LogP contribution in [0, 0.1) is 5.92 Å². The molecule has 1 aromatic heterocycles. The molecular weight excluding hydrogens is 320 g/mol. The Bertz CT molecular complexity index is 549. The molecule has 1 aliphatic rings. The van der Waals surface area contributed by atoms with E-state index in [0.29, 0.717) is 19.5 Å². The molecule has 1 fully saturated rings. The average molecular weight is 342 g/mol. The Morgan fingerprint density at radius 1 is 1.64 bits per heavy atom. The van der Waals surface area contributed by atoms with Gasteiger partial charge in [0.1, 0.15) is 0 Å². The Morgan fingerprint density at radius 3 is 3.09 bits per heavy atom. The van der Waals surface area contributed by atoms with Gasteiger partial charge >= 0.3 is 5.97 Å². The van der Waals surface area contributed by atoms with E-state index in [9.17, 15) is 4.79 Å². The summed E-state index contributed by atoms with van der Waals surface area (Å²) in [5.41, 5.74) is 5.57. The number of cyclic esters (lactones) is 1. The van der Waals surface area contributed by atoms with E-state index in [0.717, 1.165) is 23.7 Å². The molecule has 4 N–H and O–H groups in total. The van der Waals surface area contributed by atoms with Gasteiger partial charge in [-0.15, -0.1) is 11.3 Å². The third-order valence-corrected chi connectivity index (χ3v) is 4.62. The molecule has 122 valence electrons. The van der Waals surface area contributed by atoms with Crippen molar-refractivity contribution in [3.63, 3.8) is 0 Å². The van der Waals surface area contributed by atoms with Crippen LogP contribution in [-0.4, -0.2) is 29.2 Å². The summed E-state index contributed by atoms with van der Waals surface area (Å²) in [6.45, 7) is 5.32. The Balaban J connectivity index is 1.93. The minimum Gasteiger partial charge on any atom is -0.453 e. The van der Waals surface area contributed by atoms with E-state index in [2.05, 4.69) is 22.5 Å². The number of rotatable bonds is 7. The van der Waals surface area contributed by atoms with Crippen LogP contribution in [0.1, 0.15) is 38.8 Å². The molecule has 0 spiro atoms. The SMILES string of the molecule is CCC[C@@H]1C[C@@](C)(c2csc(NCCNC(N)=S)n2)OC1=O. The average Bonchev–Trinajstić information content (AvgIpc) is 3.02. The summed E-state index contributed by atoms with van der Waals surface area (Å²) in [5, 5.41) is 9.10. The summed E-state index contributed by atoms with van der Waals surface area (Å²) in [4.78, 5) is 16.5. The van der Waals surface area contributed by atoms with E-state index in [4.69, 9.17) is 22.7 Å². The number of carbonyl (C=O) groups excluding carboxylic acids is 1. The van der Waals surface area contributed by atoms with Gasteiger partial charge in [-0.05, 0) is 25.6 Å². The van der Waals surface area contributed by atoms with Crippen LogP contribution in [0.5, 0.6) is 0 Å². The van der Waals surface area contributed by atoms with Crippen LogP contribution in [0.4, 0.5) is 5.13 Å². The van der Waals surface area contributed by atoms with Gasteiger partial charge in [-0.1, -0.05) is 13.3 Å². The molecular formula is C14H22N4O2S2. The topological polar surface area (TPSA) is 89.3 Å². The summed E-state index contributed by atoms with van der Waals surface area (Å²) in [6, 6.07) is 0. The summed E-state index contributed by atoms with van der Waals surface area (Å²) in [6.07, 6.45) is 2.55. The second-order valence-electron chi connectivity index (χ2n) is 5.60. The molecule has 0 bridgehead atoms. The van der Waals surface area contributed by atoms with Crippen molar-refractivity contribution in [2.24, 2.45) is 11.7 Å². The molecule has 22 heavy (non-hydrogen) atoms. The number of hydrogen-bond acceptors (Lipinski definition) is 6. The molecule has 2 heterocycles. The molecule has 1 saturated heterocycles. The van der Waals surface area contributed by atoms with Crippen LogP contribution in [0.2, 0.25) is 0 Å². The predicted molar refractivity (Wildman–Crippen MR) is 91.9 cm³/mol. The maximum Gasteiger partial charge on any atom is 0.310 e. The lowest BCUT2D eigenvalue weighted by atomic mass is 9.91. The Kier molecular flexibility index (Phi) is 5.57. The molecule has 2 atom stereocenters. The Labute approximate surface area is 139 Å². The third-order valence-electron chi connectivity index (χ3n) is 3.68. The van der Waals surface area contributed by atoms with Crippen LogP contribution in [0.25, 0.3) is 0 Å². The van der Waals surface area contributed by atoms with Crippen LogP contribution < -0.4 is 16.4 Å². The predicted octanol–water partition coefficient (Wildman–Crippen LogP) is 1.97. The zero-order valence-corrected chi connectivity index (χ0v) is 14.5. The fourth-order valence-corrected chi connectivity index (χ4v) is 3.54. The molecule has 6 nitrogen and oxygen atoms in total. The highest BCUT2D eigenvalue weighted by Crippen LogP contribution is 2.41. The van der Waals surface area contributed by atoms with Gasteiger partial charge in [0.05, 0.1) is 11.6 Å². The van der Waals surface area contributed by atoms with Crippen LogP contribution in [0.15, 0.2) is 5.38 Å². The maximum absolute atomic E-state index is 11.9. The van der Waals surface area contributed by atoms with Crippen molar-refractivity contribution in [2.75, 3.05) is 18.4 Å². The van der Waals surface area contributed by atoms with E-state index in [1.54, 1.807) is 0 Å². The highest BCUT2D eigenvalue weighted by atomic mass is 32.1. The summed E-state index contributed by atoms with van der Waals surface area (Å²) >= 11 is 6.24. The van der Waals surface area contributed by atoms with Crippen molar-refractivity contribution in [3.8, 4) is 0 Å². The second-order valence-corrected chi connectivity index (χ2v) is 6.90. The first kappa shape index (κ1) is 17.0. The lowest BCUT2D eigenvalue weighted by Gasteiger charge is -2.19. The number of nitrogens with one attached hydrogen (secondary N) is 2. The van der Waals surface area contributed by atoms with Crippen LogP contribution >= 0.6 is 23.6 Å². The number of ether oxygens (including phenoxy) is 1.